The van der Waals surface area contributed by atoms with Crippen molar-refractivity contribution in [3.8, 4) is 0 Å². The van der Waals surface area contributed by atoms with E-state index in [2.05, 4.69) is 25.2 Å². The second-order valence-corrected chi connectivity index (χ2v) is 5.01. The average molecular weight is 218 g/mol. The van der Waals surface area contributed by atoms with Gasteiger partial charge in [-0.2, -0.15) is 0 Å². The standard InChI is InChI=1S/C9H18N2S2/c1-2-3-4-5-6-7-9-8-10-11(12)13-9/h8,10,12H,2-7H2,1H3. The monoisotopic (exact) mass is 218 g/mol. The summed E-state index contributed by atoms with van der Waals surface area (Å²) in [6, 6.07) is 0. The second kappa shape index (κ2) is 6.62. The van der Waals surface area contributed by atoms with Gasteiger partial charge in [0.2, 0.25) is 0 Å². The molecular formula is C9H18N2S2. The third-order valence-electron chi connectivity index (χ3n) is 2.07. The van der Waals surface area contributed by atoms with E-state index in [0.717, 1.165) is 0 Å². The highest BCUT2D eigenvalue weighted by Crippen LogP contribution is 2.29. The third-order valence-corrected chi connectivity index (χ3v) is 3.26. The second-order valence-electron chi connectivity index (χ2n) is 3.27. The molecule has 0 spiro atoms. The van der Waals surface area contributed by atoms with Crippen molar-refractivity contribution < 1.29 is 0 Å². The van der Waals surface area contributed by atoms with Gasteiger partial charge in [0.25, 0.3) is 0 Å². The highest BCUT2D eigenvalue weighted by Gasteiger charge is 2.10. The molecule has 13 heavy (non-hydrogen) atoms. The molecular weight excluding hydrogens is 200 g/mol. The lowest BCUT2D eigenvalue weighted by atomic mass is 10.1. The Labute approximate surface area is 90.8 Å². The van der Waals surface area contributed by atoms with Crippen LogP contribution in [-0.4, -0.2) is 3.82 Å². The molecule has 0 atom stereocenters. The summed E-state index contributed by atoms with van der Waals surface area (Å²) in [4.78, 5) is 1.39. The highest BCUT2D eigenvalue weighted by atomic mass is 32.2. The Morgan fingerprint density at radius 3 is 2.77 bits per heavy atom. The first-order chi connectivity index (χ1) is 6.33. The average Bonchev–Trinajstić information content (AvgIpc) is 2.51. The summed E-state index contributed by atoms with van der Waals surface area (Å²) in [5, 5.41) is 0. The van der Waals surface area contributed by atoms with E-state index < -0.39 is 0 Å². The van der Waals surface area contributed by atoms with Crippen molar-refractivity contribution >= 4 is 24.8 Å². The minimum Gasteiger partial charge on any atom is -0.306 e. The summed E-state index contributed by atoms with van der Waals surface area (Å²) in [5.41, 5.74) is 3.02. The fourth-order valence-corrected chi connectivity index (χ4v) is 2.35. The number of hydrogen-bond acceptors (Lipinski definition) is 4. The molecule has 0 aromatic rings. The van der Waals surface area contributed by atoms with Crippen LogP contribution in [0, 0.1) is 0 Å². The number of thiol groups is 1. The van der Waals surface area contributed by atoms with Crippen molar-refractivity contribution in [3.05, 3.63) is 11.1 Å². The Morgan fingerprint density at radius 2 is 2.15 bits per heavy atom. The van der Waals surface area contributed by atoms with Gasteiger partial charge in [-0.15, -0.1) is 3.82 Å². The summed E-state index contributed by atoms with van der Waals surface area (Å²) >= 11 is 5.84. The van der Waals surface area contributed by atoms with Gasteiger partial charge >= 0.3 is 0 Å². The van der Waals surface area contributed by atoms with Gasteiger partial charge in [-0.3, -0.25) is 0 Å². The number of unbranched alkanes of at least 4 members (excludes halogenated alkanes) is 4. The Hall–Kier alpha value is 0.200. The van der Waals surface area contributed by atoms with Gasteiger partial charge in [-0.05, 0) is 24.8 Å². The van der Waals surface area contributed by atoms with Crippen LogP contribution in [0.1, 0.15) is 45.4 Å². The number of hydrazine groups is 1. The van der Waals surface area contributed by atoms with Crippen molar-refractivity contribution in [1.82, 2.24) is 9.25 Å². The van der Waals surface area contributed by atoms with Gasteiger partial charge in [-0.25, -0.2) is 0 Å². The molecule has 0 fully saturated rings. The molecule has 0 saturated heterocycles. The van der Waals surface area contributed by atoms with E-state index in [1.807, 2.05) is 6.20 Å². The van der Waals surface area contributed by atoms with E-state index in [1.54, 1.807) is 15.8 Å². The van der Waals surface area contributed by atoms with Crippen LogP contribution in [-0.2, 0) is 0 Å². The summed E-state index contributed by atoms with van der Waals surface area (Å²) in [7, 11) is 0. The Balaban J connectivity index is 1.94. The first kappa shape index (κ1) is 11.3. The van der Waals surface area contributed by atoms with Crippen LogP contribution in [0.4, 0.5) is 0 Å². The Kier molecular flexibility index (Phi) is 5.75. The fourth-order valence-electron chi connectivity index (χ4n) is 1.31. The summed E-state index contributed by atoms with van der Waals surface area (Å²) in [6.07, 6.45) is 9.98. The molecule has 4 heteroatoms. The smallest absolute Gasteiger partial charge is 0.0255 e. The van der Waals surface area contributed by atoms with Crippen molar-refractivity contribution in [2.24, 2.45) is 0 Å². The van der Waals surface area contributed by atoms with Gasteiger partial charge in [0.1, 0.15) is 0 Å². The summed E-state index contributed by atoms with van der Waals surface area (Å²) in [6.45, 7) is 2.25. The lowest BCUT2D eigenvalue weighted by molar-refractivity contribution is 0.635. The zero-order valence-electron chi connectivity index (χ0n) is 8.12. The number of allylic oxidation sites excluding steroid dienone is 1. The van der Waals surface area contributed by atoms with Gasteiger partial charge < -0.3 is 5.43 Å². The van der Waals surface area contributed by atoms with E-state index in [1.165, 1.54) is 43.4 Å². The minimum atomic E-state index is 1.19. The molecule has 1 rings (SSSR count). The molecule has 0 unspecified atom stereocenters. The quantitative estimate of drug-likeness (QED) is 0.403. The summed E-state index contributed by atoms with van der Waals surface area (Å²) < 4.78 is 1.74. The predicted octanol–water partition coefficient (Wildman–Crippen LogP) is 3.50. The third kappa shape index (κ3) is 4.84. The van der Waals surface area contributed by atoms with E-state index in [0.29, 0.717) is 0 Å². The largest absolute Gasteiger partial charge is 0.306 e. The fraction of sp³-hybridized carbons (Fsp3) is 0.778. The van der Waals surface area contributed by atoms with Crippen LogP contribution >= 0.6 is 24.8 Å². The zero-order chi connectivity index (χ0) is 9.52. The molecule has 1 aliphatic rings. The number of rotatable bonds is 6. The highest BCUT2D eigenvalue weighted by molar-refractivity contribution is 8.08. The predicted molar refractivity (Wildman–Crippen MR) is 63.0 cm³/mol. The molecule has 0 aromatic heterocycles. The topological polar surface area (TPSA) is 15.3 Å². The Bertz CT molecular complexity index is 171. The van der Waals surface area contributed by atoms with E-state index in [4.69, 9.17) is 0 Å². The van der Waals surface area contributed by atoms with Crippen molar-refractivity contribution in [2.45, 2.75) is 45.4 Å². The molecule has 0 bridgehead atoms. The molecule has 0 radical (unpaired) electrons. The molecule has 0 aromatic carbocycles. The maximum absolute atomic E-state index is 4.16. The van der Waals surface area contributed by atoms with Gasteiger partial charge in [-0.1, -0.05) is 45.4 Å². The molecule has 1 N–H and O–H groups in total. The molecule has 0 amide bonds. The van der Waals surface area contributed by atoms with Crippen LogP contribution in [0.5, 0.6) is 0 Å². The maximum Gasteiger partial charge on any atom is 0.0255 e. The first-order valence-corrected chi connectivity index (χ1v) is 6.12. The van der Waals surface area contributed by atoms with Crippen molar-refractivity contribution in [2.75, 3.05) is 0 Å². The van der Waals surface area contributed by atoms with Crippen LogP contribution in [0.3, 0.4) is 0 Å². The number of nitrogens with zero attached hydrogens (tertiary/aromatic N) is 1. The van der Waals surface area contributed by atoms with Crippen molar-refractivity contribution in [1.29, 1.82) is 0 Å². The van der Waals surface area contributed by atoms with Gasteiger partial charge in [0, 0.05) is 11.1 Å². The van der Waals surface area contributed by atoms with Crippen molar-refractivity contribution in [3.63, 3.8) is 0 Å². The zero-order valence-corrected chi connectivity index (χ0v) is 9.83. The molecule has 1 aliphatic heterocycles. The van der Waals surface area contributed by atoms with Gasteiger partial charge in [0.15, 0.2) is 0 Å². The van der Waals surface area contributed by atoms with Crippen LogP contribution in [0.2, 0.25) is 0 Å². The lowest BCUT2D eigenvalue weighted by Gasteiger charge is -2.04. The number of nitrogens with one attached hydrogen (secondary N) is 1. The van der Waals surface area contributed by atoms with Crippen LogP contribution in [0.15, 0.2) is 11.1 Å². The minimum absolute atomic E-state index is 1.19. The molecule has 0 saturated carbocycles. The van der Waals surface area contributed by atoms with Crippen LogP contribution in [0.25, 0.3) is 0 Å². The molecule has 2 nitrogen and oxygen atoms in total. The maximum atomic E-state index is 4.16. The lowest BCUT2D eigenvalue weighted by Crippen LogP contribution is -2.10. The SMILES string of the molecule is CCCCCCCC1=CNN(S)S1. The van der Waals surface area contributed by atoms with Crippen LogP contribution < -0.4 is 5.43 Å². The first-order valence-electron chi connectivity index (χ1n) is 4.95. The summed E-state index contributed by atoms with van der Waals surface area (Å²) in [5.74, 6) is 0. The van der Waals surface area contributed by atoms with E-state index >= 15 is 0 Å². The van der Waals surface area contributed by atoms with Gasteiger partial charge in [0.05, 0.1) is 0 Å². The molecule has 0 aliphatic carbocycles. The normalized spacial score (nSPS) is 17.2. The molecule has 76 valence electrons. The molecule has 1 heterocycles. The van der Waals surface area contributed by atoms with E-state index in [-0.39, 0.29) is 0 Å². The Morgan fingerprint density at radius 1 is 1.38 bits per heavy atom. The number of hydrogen-bond donors (Lipinski definition) is 2. The van der Waals surface area contributed by atoms with E-state index in [9.17, 15) is 0 Å².